The van der Waals surface area contributed by atoms with Gasteiger partial charge in [-0.05, 0) is 81.3 Å². The van der Waals surface area contributed by atoms with Crippen LogP contribution in [0.3, 0.4) is 0 Å². The molecule has 1 atom stereocenters. The third-order valence-corrected chi connectivity index (χ3v) is 6.41. The van der Waals surface area contributed by atoms with Gasteiger partial charge in [-0.3, -0.25) is 9.59 Å². The predicted molar refractivity (Wildman–Crippen MR) is 112 cm³/mol. The first-order chi connectivity index (χ1) is 14.5. The van der Waals surface area contributed by atoms with Crippen LogP contribution < -0.4 is 5.32 Å². The zero-order valence-electron chi connectivity index (χ0n) is 17.7. The molecule has 2 saturated heterocycles. The number of hydrogen-bond donors (Lipinski definition) is 1. The lowest BCUT2D eigenvalue weighted by molar-refractivity contribution is -0.149. The minimum atomic E-state index is -0.422. The van der Waals surface area contributed by atoms with Gasteiger partial charge in [0.2, 0.25) is 5.91 Å². The zero-order valence-corrected chi connectivity index (χ0v) is 17.7. The molecule has 3 aliphatic rings. The van der Waals surface area contributed by atoms with Crippen molar-refractivity contribution in [3.8, 4) is 0 Å². The SMILES string of the molecule is Cc1cc(F)cc(C(=O)NCC2CN(CC3CCN(CC4CC4)CC3)C(=O)CO2)c1. The Morgan fingerprint density at radius 3 is 2.57 bits per heavy atom. The van der Waals surface area contributed by atoms with Gasteiger partial charge in [-0.1, -0.05) is 0 Å². The lowest BCUT2D eigenvalue weighted by Gasteiger charge is -2.38. The first-order valence-corrected chi connectivity index (χ1v) is 11.1. The van der Waals surface area contributed by atoms with Crippen LogP contribution in [0.2, 0.25) is 0 Å². The number of nitrogens with one attached hydrogen (secondary N) is 1. The summed E-state index contributed by atoms with van der Waals surface area (Å²) in [6.45, 7) is 6.88. The maximum atomic E-state index is 13.5. The highest BCUT2D eigenvalue weighted by atomic mass is 19.1. The van der Waals surface area contributed by atoms with Gasteiger partial charge >= 0.3 is 0 Å². The first-order valence-electron chi connectivity index (χ1n) is 11.1. The van der Waals surface area contributed by atoms with Crippen LogP contribution in [-0.2, 0) is 9.53 Å². The largest absolute Gasteiger partial charge is 0.365 e. The average Bonchev–Trinajstić information content (AvgIpc) is 3.53. The third kappa shape index (κ3) is 5.79. The Morgan fingerprint density at radius 2 is 1.87 bits per heavy atom. The Hall–Kier alpha value is -1.99. The number of halogens is 1. The van der Waals surface area contributed by atoms with E-state index in [0.717, 1.165) is 38.4 Å². The second-order valence-electron chi connectivity index (χ2n) is 9.15. The number of morpholine rings is 1. The Labute approximate surface area is 177 Å². The van der Waals surface area contributed by atoms with E-state index in [4.69, 9.17) is 4.74 Å². The van der Waals surface area contributed by atoms with Gasteiger partial charge in [0.15, 0.2) is 0 Å². The van der Waals surface area contributed by atoms with E-state index in [9.17, 15) is 14.0 Å². The van der Waals surface area contributed by atoms with E-state index in [1.165, 1.54) is 31.5 Å². The average molecular weight is 418 g/mol. The van der Waals surface area contributed by atoms with Crippen LogP contribution in [0.25, 0.3) is 0 Å². The molecule has 7 heteroatoms. The molecule has 1 aromatic carbocycles. The van der Waals surface area contributed by atoms with Crippen molar-refractivity contribution in [2.75, 3.05) is 45.9 Å². The van der Waals surface area contributed by atoms with Crippen LogP contribution in [0.1, 0.15) is 41.6 Å². The van der Waals surface area contributed by atoms with Gasteiger partial charge in [-0.2, -0.15) is 0 Å². The third-order valence-electron chi connectivity index (χ3n) is 6.41. The topological polar surface area (TPSA) is 61.9 Å². The van der Waals surface area contributed by atoms with Gasteiger partial charge in [0.25, 0.3) is 5.91 Å². The molecule has 1 N–H and O–H groups in total. The number of likely N-dealkylation sites (tertiary alicyclic amines) is 1. The molecule has 2 heterocycles. The second-order valence-corrected chi connectivity index (χ2v) is 9.15. The molecule has 2 amide bonds. The molecule has 2 aliphatic heterocycles. The summed E-state index contributed by atoms with van der Waals surface area (Å²) in [7, 11) is 0. The molecule has 0 aromatic heterocycles. The molecular formula is C23H32FN3O3. The fourth-order valence-corrected chi connectivity index (χ4v) is 4.49. The lowest BCUT2D eigenvalue weighted by atomic mass is 9.95. The molecular weight excluding hydrogens is 385 g/mol. The van der Waals surface area contributed by atoms with Crippen molar-refractivity contribution in [1.82, 2.24) is 15.1 Å². The smallest absolute Gasteiger partial charge is 0.251 e. The summed E-state index contributed by atoms with van der Waals surface area (Å²) in [6, 6.07) is 4.28. The Kier molecular flexibility index (Phi) is 6.68. The highest BCUT2D eigenvalue weighted by Gasteiger charge is 2.31. The molecule has 1 unspecified atom stereocenters. The van der Waals surface area contributed by atoms with Crippen molar-refractivity contribution in [3.05, 3.63) is 35.1 Å². The number of carbonyl (C=O) groups excluding carboxylic acids is 2. The number of amides is 2. The Morgan fingerprint density at radius 1 is 1.13 bits per heavy atom. The number of hydrogen-bond acceptors (Lipinski definition) is 4. The number of benzene rings is 1. The number of nitrogens with zero attached hydrogens (tertiary/aromatic N) is 2. The summed E-state index contributed by atoms with van der Waals surface area (Å²) in [6.07, 6.45) is 4.81. The molecule has 30 heavy (non-hydrogen) atoms. The fourth-order valence-electron chi connectivity index (χ4n) is 4.49. The van der Waals surface area contributed by atoms with E-state index in [1.54, 1.807) is 13.0 Å². The summed E-state index contributed by atoms with van der Waals surface area (Å²) >= 11 is 0. The van der Waals surface area contributed by atoms with E-state index < -0.39 is 5.82 Å². The molecule has 4 rings (SSSR count). The minimum absolute atomic E-state index is 0.0266. The molecule has 1 aliphatic carbocycles. The quantitative estimate of drug-likeness (QED) is 0.739. The first kappa shape index (κ1) is 21.2. The van der Waals surface area contributed by atoms with Crippen LogP contribution in [0, 0.1) is 24.6 Å². The molecule has 164 valence electrons. The van der Waals surface area contributed by atoms with E-state index in [0.29, 0.717) is 30.1 Å². The van der Waals surface area contributed by atoms with Gasteiger partial charge in [0.1, 0.15) is 12.4 Å². The highest BCUT2D eigenvalue weighted by molar-refractivity contribution is 5.94. The van der Waals surface area contributed by atoms with Gasteiger partial charge in [-0.15, -0.1) is 0 Å². The summed E-state index contributed by atoms with van der Waals surface area (Å²) in [4.78, 5) is 29.1. The van der Waals surface area contributed by atoms with Crippen LogP contribution in [0.15, 0.2) is 18.2 Å². The van der Waals surface area contributed by atoms with Crippen molar-refractivity contribution in [3.63, 3.8) is 0 Å². The van der Waals surface area contributed by atoms with E-state index in [-0.39, 0.29) is 24.5 Å². The van der Waals surface area contributed by atoms with E-state index >= 15 is 0 Å². The predicted octanol–water partition coefficient (Wildman–Crippen LogP) is 2.21. The number of rotatable bonds is 7. The minimum Gasteiger partial charge on any atom is -0.365 e. The highest BCUT2D eigenvalue weighted by Crippen LogP contribution is 2.31. The number of ether oxygens (including phenoxy) is 1. The van der Waals surface area contributed by atoms with Crippen LogP contribution in [0.5, 0.6) is 0 Å². The Bertz CT molecular complexity index is 755. The van der Waals surface area contributed by atoms with Crippen molar-refractivity contribution < 1.29 is 18.7 Å². The maximum absolute atomic E-state index is 13.5. The standard InChI is InChI=1S/C23H32FN3O3/c1-16-8-19(10-20(24)9-16)23(29)25-11-21-14-27(22(28)15-30-21)13-18-4-6-26(7-5-18)12-17-2-3-17/h8-10,17-18,21H,2-7,11-15H2,1H3,(H,25,29). The molecule has 0 bridgehead atoms. The molecule has 1 saturated carbocycles. The van der Waals surface area contributed by atoms with Crippen molar-refractivity contribution >= 4 is 11.8 Å². The molecule has 0 spiro atoms. The van der Waals surface area contributed by atoms with Crippen LogP contribution in [-0.4, -0.2) is 73.6 Å². The van der Waals surface area contributed by atoms with E-state index in [2.05, 4.69) is 10.2 Å². The van der Waals surface area contributed by atoms with Crippen molar-refractivity contribution in [1.29, 1.82) is 0 Å². The van der Waals surface area contributed by atoms with Gasteiger partial charge in [0.05, 0.1) is 6.10 Å². The van der Waals surface area contributed by atoms with Crippen molar-refractivity contribution in [2.45, 2.75) is 38.7 Å². The van der Waals surface area contributed by atoms with Crippen LogP contribution in [0.4, 0.5) is 4.39 Å². The molecule has 1 aromatic rings. The normalized spacial score (nSPS) is 23.6. The lowest BCUT2D eigenvalue weighted by Crippen LogP contribution is -2.52. The maximum Gasteiger partial charge on any atom is 0.251 e. The molecule has 3 fully saturated rings. The van der Waals surface area contributed by atoms with Crippen LogP contribution >= 0.6 is 0 Å². The number of carbonyl (C=O) groups is 2. The fraction of sp³-hybridized carbons (Fsp3) is 0.652. The summed E-state index contributed by atoms with van der Waals surface area (Å²) in [5.74, 6) is 0.739. The Balaban J connectivity index is 1.23. The van der Waals surface area contributed by atoms with E-state index in [1.807, 2.05) is 4.90 Å². The summed E-state index contributed by atoms with van der Waals surface area (Å²) in [5.41, 5.74) is 1.00. The second kappa shape index (κ2) is 9.43. The van der Waals surface area contributed by atoms with Gasteiger partial charge < -0.3 is 19.9 Å². The number of piperidine rings is 1. The summed E-state index contributed by atoms with van der Waals surface area (Å²) < 4.78 is 19.2. The van der Waals surface area contributed by atoms with Gasteiger partial charge in [0, 0.05) is 31.7 Å². The summed E-state index contributed by atoms with van der Waals surface area (Å²) in [5, 5.41) is 2.82. The van der Waals surface area contributed by atoms with Gasteiger partial charge in [-0.25, -0.2) is 4.39 Å². The number of aryl methyl sites for hydroxylation is 1. The zero-order chi connectivity index (χ0) is 21.1. The monoisotopic (exact) mass is 417 g/mol. The molecule has 0 radical (unpaired) electrons. The van der Waals surface area contributed by atoms with Crippen molar-refractivity contribution in [2.24, 2.45) is 11.8 Å². The molecule has 6 nitrogen and oxygen atoms in total.